The summed E-state index contributed by atoms with van der Waals surface area (Å²) in [5.74, 6) is 0. The zero-order valence-corrected chi connectivity index (χ0v) is 12.0. The van der Waals surface area contributed by atoms with E-state index in [0.29, 0.717) is 5.56 Å². The molecule has 0 saturated carbocycles. The number of oxime groups is 1. The van der Waals surface area contributed by atoms with Gasteiger partial charge >= 0.3 is 6.18 Å². The second kappa shape index (κ2) is 5.32. The molecule has 1 heterocycles. The average Bonchev–Trinajstić information content (AvgIpc) is 2.95. The van der Waals surface area contributed by atoms with Crippen molar-refractivity contribution in [3.8, 4) is 0 Å². The largest absolute Gasteiger partial charge is 0.435 e. The predicted octanol–water partition coefficient (Wildman–Crippen LogP) is 4.92. The Labute approximate surface area is 130 Å². The SMILES string of the molecule is FC(F)(F)C1(c2ccccc2Cl)CC(c2ccccc2)=NO1. The molecule has 1 unspecified atom stereocenters. The highest BCUT2D eigenvalue weighted by Crippen LogP contribution is 2.50. The van der Waals surface area contributed by atoms with Gasteiger partial charge in [0.2, 0.25) is 0 Å². The van der Waals surface area contributed by atoms with Crippen LogP contribution in [0.1, 0.15) is 17.5 Å². The van der Waals surface area contributed by atoms with Crippen molar-refractivity contribution in [2.24, 2.45) is 5.16 Å². The molecular weight excluding hydrogens is 315 g/mol. The van der Waals surface area contributed by atoms with E-state index in [1.54, 1.807) is 36.4 Å². The zero-order chi connectivity index (χ0) is 15.8. The van der Waals surface area contributed by atoms with Crippen molar-refractivity contribution < 1.29 is 18.0 Å². The Morgan fingerprint density at radius 1 is 1.00 bits per heavy atom. The van der Waals surface area contributed by atoms with Gasteiger partial charge < -0.3 is 4.84 Å². The molecule has 114 valence electrons. The van der Waals surface area contributed by atoms with Crippen LogP contribution in [0.3, 0.4) is 0 Å². The van der Waals surface area contributed by atoms with Crippen molar-refractivity contribution >= 4 is 17.3 Å². The van der Waals surface area contributed by atoms with Crippen molar-refractivity contribution in [3.63, 3.8) is 0 Å². The Balaban J connectivity index is 2.04. The van der Waals surface area contributed by atoms with E-state index in [1.165, 1.54) is 18.2 Å². The second-order valence-electron chi connectivity index (χ2n) is 4.98. The van der Waals surface area contributed by atoms with Crippen molar-refractivity contribution in [1.82, 2.24) is 0 Å². The minimum absolute atomic E-state index is 0.00402. The third-order valence-electron chi connectivity index (χ3n) is 3.60. The van der Waals surface area contributed by atoms with Crippen LogP contribution < -0.4 is 0 Å². The molecule has 0 bridgehead atoms. The van der Waals surface area contributed by atoms with Gasteiger partial charge in [0.05, 0.1) is 12.1 Å². The first-order valence-electron chi connectivity index (χ1n) is 6.56. The van der Waals surface area contributed by atoms with Crippen molar-refractivity contribution in [2.45, 2.75) is 18.2 Å². The van der Waals surface area contributed by atoms with Crippen LogP contribution in [0.4, 0.5) is 13.2 Å². The highest BCUT2D eigenvalue weighted by molar-refractivity contribution is 6.31. The number of alkyl halides is 3. The fourth-order valence-corrected chi connectivity index (χ4v) is 2.74. The standard InChI is InChI=1S/C16H11ClF3NO/c17-13-9-5-4-8-12(13)15(16(18,19)20)10-14(21-22-15)11-6-2-1-3-7-11/h1-9H,10H2. The van der Waals surface area contributed by atoms with Crippen LogP contribution in [-0.2, 0) is 10.4 Å². The van der Waals surface area contributed by atoms with E-state index in [2.05, 4.69) is 5.16 Å². The second-order valence-corrected chi connectivity index (χ2v) is 5.38. The van der Waals surface area contributed by atoms with E-state index >= 15 is 0 Å². The van der Waals surface area contributed by atoms with Gasteiger partial charge in [-0.1, -0.05) is 65.3 Å². The first-order valence-corrected chi connectivity index (χ1v) is 6.94. The summed E-state index contributed by atoms with van der Waals surface area (Å²) in [5.41, 5.74) is -1.83. The van der Waals surface area contributed by atoms with E-state index < -0.39 is 18.2 Å². The molecule has 0 amide bonds. The van der Waals surface area contributed by atoms with Crippen LogP contribution in [-0.4, -0.2) is 11.9 Å². The molecule has 0 aromatic heterocycles. The average molecular weight is 326 g/mol. The lowest BCUT2D eigenvalue weighted by Gasteiger charge is -2.30. The van der Waals surface area contributed by atoms with Crippen LogP contribution in [0.5, 0.6) is 0 Å². The molecule has 0 N–H and O–H groups in total. The summed E-state index contributed by atoms with van der Waals surface area (Å²) < 4.78 is 41.1. The first kappa shape index (κ1) is 14.9. The first-order chi connectivity index (χ1) is 10.4. The summed E-state index contributed by atoms with van der Waals surface area (Å²) in [5, 5.41) is 3.69. The molecule has 1 aliphatic rings. The summed E-state index contributed by atoms with van der Waals surface area (Å²) in [6.07, 6.45) is -5.05. The maximum atomic E-state index is 13.7. The molecule has 3 rings (SSSR count). The van der Waals surface area contributed by atoms with Crippen LogP contribution >= 0.6 is 11.6 Å². The monoisotopic (exact) mass is 325 g/mol. The van der Waals surface area contributed by atoms with Crippen LogP contribution in [0.15, 0.2) is 59.8 Å². The van der Waals surface area contributed by atoms with Gasteiger partial charge in [0.15, 0.2) is 0 Å². The van der Waals surface area contributed by atoms with E-state index in [-0.39, 0.29) is 16.3 Å². The molecule has 0 radical (unpaired) electrons. The minimum Gasteiger partial charge on any atom is -0.374 e. The Hall–Kier alpha value is -2.01. The molecule has 0 aliphatic carbocycles. The zero-order valence-electron chi connectivity index (χ0n) is 11.3. The molecule has 6 heteroatoms. The molecule has 0 spiro atoms. The Morgan fingerprint density at radius 2 is 1.64 bits per heavy atom. The number of hydrogen-bond donors (Lipinski definition) is 0. The van der Waals surface area contributed by atoms with Gasteiger partial charge in [0, 0.05) is 10.6 Å². The lowest BCUT2D eigenvalue weighted by atomic mass is 9.86. The van der Waals surface area contributed by atoms with Crippen LogP contribution in [0, 0.1) is 0 Å². The van der Waals surface area contributed by atoms with E-state index in [9.17, 15) is 13.2 Å². The van der Waals surface area contributed by atoms with Crippen molar-refractivity contribution in [1.29, 1.82) is 0 Å². The molecule has 2 aromatic carbocycles. The highest BCUT2D eigenvalue weighted by atomic mass is 35.5. The van der Waals surface area contributed by atoms with Crippen LogP contribution in [0.25, 0.3) is 0 Å². The van der Waals surface area contributed by atoms with Gasteiger partial charge in [0.25, 0.3) is 5.60 Å². The van der Waals surface area contributed by atoms with Crippen molar-refractivity contribution in [2.75, 3.05) is 0 Å². The predicted molar refractivity (Wildman–Crippen MR) is 77.9 cm³/mol. The van der Waals surface area contributed by atoms with E-state index in [1.807, 2.05) is 0 Å². The normalized spacial score (nSPS) is 21.4. The number of rotatable bonds is 2. The minimum atomic E-state index is -4.64. The Kier molecular flexibility index (Phi) is 3.60. The summed E-state index contributed by atoms with van der Waals surface area (Å²) in [7, 11) is 0. The Bertz CT molecular complexity index is 715. The molecule has 1 atom stereocenters. The lowest BCUT2D eigenvalue weighted by molar-refractivity contribution is -0.275. The summed E-state index contributed by atoms with van der Waals surface area (Å²) in [4.78, 5) is 4.92. The third kappa shape index (κ3) is 2.35. The molecular formula is C16H11ClF3NO. The smallest absolute Gasteiger partial charge is 0.374 e. The molecule has 1 aliphatic heterocycles. The molecule has 2 nitrogen and oxygen atoms in total. The number of hydrogen-bond acceptors (Lipinski definition) is 2. The van der Waals surface area contributed by atoms with E-state index in [0.717, 1.165) is 0 Å². The van der Waals surface area contributed by atoms with Gasteiger partial charge in [-0.05, 0) is 11.6 Å². The maximum Gasteiger partial charge on any atom is 0.435 e. The molecule has 2 aromatic rings. The molecule has 22 heavy (non-hydrogen) atoms. The summed E-state index contributed by atoms with van der Waals surface area (Å²) in [6.45, 7) is 0. The number of halogens is 4. The lowest BCUT2D eigenvalue weighted by Crippen LogP contribution is -2.42. The van der Waals surface area contributed by atoms with Gasteiger partial charge in [-0.2, -0.15) is 13.2 Å². The summed E-state index contributed by atoms with van der Waals surface area (Å²) >= 11 is 5.96. The molecule has 0 fully saturated rings. The maximum absolute atomic E-state index is 13.7. The van der Waals surface area contributed by atoms with Crippen LogP contribution in [0.2, 0.25) is 5.02 Å². The quantitative estimate of drug-likeness (QED) is 0.767. The van der Waals surface area contributed by atoms with Gasteiger partial charge in [-0.3, -0.25) is 0 Å². The number of nitrogens with zero attached hydrogens (tertiary/aromatic N) is 1. The fourth-order valence-electron chi connectivity index (χ4n) is 2.46. The number of benzene rings is 2. The van der Waals surface area contributed by atoms with E-state index in [4.69, 9.17) is 16.4 Å². The van der Waals surface area contributed by atoms with Crippen molar-refractivity contribution in [3.05, 3.63) is 70.7 Å². The highest BCUT2D eigenvalue weighted by Gasteiger charge is 2.63. The third-order valence-corrected chi connectivity index (χ3v) is 3.93. The fraction of sp³-hybridized carbons (Fsp3) is 0.188. The topological polar surface area (TPSA) is 21.6 Å². The van der Waals surface area contributed by atoms with Gasteiger partial charge in [-0.25, -0.2) is 0 Å². The molecule has 0 saturated heterocycles. The van der Waals surface area contributed by atoms with Gasteiger partial charge in [0.1, 0.15) is 0 Å². The summed E-state index contributed by atoms with van der Waals surface area (Å²) in [6, 6.07) is 14.4. The van der Waals surface area contributed by atoms with Gasteiger partial charge in [-0.15, -0.1) is 0 Å². The Morgan fingerprint density at radius 3 is 2.27 bits per heavy atom.